The number of benzene rings is 2. The van der Waals surface area contributed by atoms with Gasteiger partial charge in [-0.1, -0.05) is 18.2 Å². The first kappa shape index (κ1) is 18.7. The fourth-order valence-electron chi connectivity index (χ4n) is 3.08. The first-order valence-electron chi connectivity index (χ1n) is 8.72. The molecule has 6 nitrogen and oxygen atoms in total. The zero-order valence-electron chi connectivity index (χ0n) is 15.0. The Labute approximate surface area is 155 Å². The Hall–Kier alpha value is -2.09. The van der Waals surface area contributed by atoms with Crippen LogP contribution < -0.4 is 14.8 Å². The minimum Gasteiger partial charge on any atom is -0.492 e. The van der Waals surface area contributed by atoms with E-state index in [1.54, 1.807) is 12.1 Å². The summed E-state index contributed by atoms with van der Waals surface area (Å²) in [5.41, 5.74) is 2.17. The number of hydrogen-bond donors (Lipinski definition) is 1. The number of nitrogens with two attached hydrogens (primary N) is 1. The van der Waals surface area contributed by atoms with Crippen molar-refractivity contribution in [2.75, 3.05) is 44.2 Å². The fourth-order valence-corrected chi connectivity index (χ4v) is 3.59. The van der Waals surface area contributed by atoms with Gasteiger partial charge in [-0.05, 0) is 42.8 Å². The third-order valence-corrected chi connectivity index (χ3v) is 5.59. The monoisotopic (exact) mass is 375 g/mol. The van der Waals surface area contributed by atoms with Crippen LogP contribution >= 0.6 is 0 Å². The molecule has 3 rings (SSSR count). The van der Waals surface area contributed by atoms with Gasteiger partial charge in [0, 0.05) is 38.4 Å². The van der Waals surface area contributed by atoms with Crippen molar-refractivity contribution < 1.29 is 13.2 Å². The normalized spacial score (nSPS) is 15.8. The lowest BCUT2D eigenvalue weighted by Crippen LogP contribution is -2.47. The highest BCUT2D eigenvalue weighted by Gasteiger charge is 2.17. The van der Waals surface area contributed by atoms with Crippen LogP contribution in [-0.4, -0.2) is 52.6 Å². The SMILES string of the molecule is Cc1ccccc1OCCN1CCN(c2ccc(S(N)(=O)=O)cc2)CC1. The fraction of sp³-hybridized carbons (Fsp3) is 0.368. The average molecular weight is 375 g/mol. The quantitative estimate of drug-likeness (QED) is 0.834. The molecule has 2 aromatic rings. The number of sulfonamides is 1. The second-order valence-electron chi connectivity index (χ2n) is 6.48. The Morgan fingerprint density at radius 1 is 1.00 bits per heavy atom. The molecule has 0 atom stereocenters. The van der Waals surface area contributed by atoms with E-state index >= 15 is 0 Å². The molecule has 1 aliphatic heterocycles. The number of ether oxygens (including phenoxy) is 1. The van der Waals surface area contributed by atoms with E-state index < -0.39 is 10.0 Å². The number of primary sulfonamides is 1. The standard InChI is InChI=1S/C19H25N3O3S/c1-16-4-2-3-5-19(16)25-15-14-21-10-12-22(13-11-21)17-6-8-18(9-7-17)26(20,23)24/h2-9H,10-15H2,1H3,(H2,20,23,24). The highest BCUT2D eigenvalue weighted by molar-refractivity contribution is 7.89. The van der Waals surface area contributed by atoms with Gasteiger partial charge < -0.3 is 9.64 Å². The van der Waals surface area contributed by atoms with Crippen molar-refractivity contribution in [1.82, 2.24) is 4.90 Å². The molecule has 0 amide bonds. The van der Waals surface area contributed by atoms with Gasteiger partial charge in [-0.3, -0.25) is 4.90 Å². The molecule has 0 aliphatic carbocycles. The van der Waals surface area contributed by atoms with E-state index in [1.807, 2.05) is 30.3 Å². The van der Waals surface area contributed by atoms with Crippen LogP contribution in [0.15, 0.2) is 53.4 Å². The van der Waals surface area contributed by atoms with Crippen LogP contribution in [0.1, 0.15) is 5.56 Å². The molecule has 1 heterocycles. The van der Waals surface area contributed by atoms with Crippen molar-refractivity contribution in [3.63, 3.8) is 0 Å². The maximum Gasteiger partial charge on any atom is 0.238 e. The highest BCUT2D eigenvalue weighted by atomic mass is 32.2. The van der Waals surface area contributed by atoms with Crippen LogP contribution in [0.25, 0.3) is 0 Å². The molecular weight excluding hydrogens is 350 g/mol. The summed E-state index contributed by atoms with van der Waals surface area (Å²) in [5.74, 6) is 0.945. The van der Waals surface area contributed by atoms with E-state index in [1.165, 1.54) is 0 Å². The minimum atomic E-state index is -3.64. The van der Waals surface area contributed by atoms with E-state index in [4.69, 9.17) is 9.88 Å². The van der Waals surface area contributed by atoms with Crippen molar-refractivity contribution in [3.05, 3.63) is 54.1 Å². The topological polar surface area (TPSA) is 75.9 Å². The lowest BCUT2D eigenvalue weighted by molar-refractivity contribution is 0.200. The second-order valence-corrected chi connectivity index (χ2v) is 8.04. The molecule has 2 N–H and O–H groups in total. The molecular formula is C19H25N3O3S. The van der Waals surface area contributed by atoms with Crippen LogP contribution in [0.4, 0.5) is 5.69 Å². The summed E-state index contributed by atoms with van der Waals surface area (Å²) in [6.07, 6.45) is 0. The third kappa shape index (κ3) is 4.75. The van der Waals surface area contributed by atoms with Gasteiger partial charge in [0.2, 0.25) is 10.0 Å². The van der Waals surface area contributed by atoms with E-state index in [-0.39, 0.29) is 4.90 Å². The number of rotatable bonds is 6. The molecule has 1 aliphatic rings. The van der Waals surface area contributed by atoms with Crippen LogP contribution in [0.3, 0.4) is 0 Å². The van der Waals surface area contributed by atoms with E-state index in [9.17, 15) is 8.42 Å². The molecule has 0 aromatic heterocycles. The first-order valence-corrected chi connectivity index (χ1v) is 10.3. The van der Waals surface area contributed by atoms with Crippen LogP contribution in [-0.2, 0) is 10.0 Å². The number of anilines is 1. The number of nitrogens with zero attached hydrogens (tertiary/aromatic N) is 2. The number of para-hydroxylation sites is 1. The smallest absolute Gasteiger partial charge is 0.238 e. The summed E-state index contributed by atoms with van der Waals surface area (Å²) in [5, 5.41) is 5.14. The molecule has 26 heavy (non-hydrogen) atoms. The maximum atomic E-state index is 11.3. The lowest BCUT2D eigenvalue weighted by atomic mass is 10.2. The Balaban J connectivity index is 1.46. The molecule has 7 heteroatoms. The predicted octanol–water partition coefficient (Wildman–Crippen LogP) is 1.84. The summed E-state index contributed by atoms with van der Waals surface area (Å²) in [4.78, 5) is 4.78. The van der Waals surface area contributed by atoms with Gasteiger partial charge in [0.05, 0.1) is 4.90 Å². The Morgan fingerprint density at radius 3 is 2.27 bits per heavy atom. The third-order valence-electron chi connectivity index (χ3n) is 4.66. The van der Waals surface area contributed by atoms with Gasteiger partial charge in [-0.2, -0.15) is 0 Å². The largest absolute Gasteiger partial charge is 0.492 e. The Bertz CT molecular complexity index is 829. The molecule has 0 bridgehead atoms. The summed E-state index contributed by atoms with van der Waals surface area (Å²) >= 11 is 0. The van der Waals surface area contributed by atoms with Crippen LogP contribution in [0.2, 0.25) is 0 Å². The zero-order chi connectivity index (χ0) is 18.6. The number of hydrogen-bond acceptors (Lipinski definition) is 5. The minimum absolute atomic E-state index is 0.147. The average Bonchev–Trinajstić information content (AvgIpc) is 2.63. The number of aryl methyl sites for hydroxylation is 1. The predicted molar refractivity (Wildman–Crippen MR) is 103 cm³/mol. The van der Waals surface area contributed by atoms with Gasteiger partial charge in [0.1, 0.15) is 12.4 Å². The molecule has 2 aromatic carbocycles. The summed E-state index contributed by atoms with van der Waals surface area (Å²) in [7, 11) is -3.64. The summed E-state index contributed by atoms with van der Waals surface area (Å²) < 4.78 is 28.5. The molecule has 1 saturated heterocycles. The van der Waals surface area contributed by atoms with Gasteiger partial charge in [0.15, 0.2) is 0 Å². The molecule has 0 unspecified atom stereocenters. The molecule has 0 saturated carbocycles. The molecule has 0 radical (unpaired) electrons. The van der Waals surface area contributed by atoms with Crippen molar-refractivity contribution in [2.45, 2.75) is 11.8 Å². The zero-order valence-corrected chi connectivity index (χ0v) is 15.8. The lowest BCUT2D eigenvalue weighted by Gasteiger charge is -2.36. The number of piperazine rings is 1. The van der Waals surface area contributed by atoms with Crippen molar-refractivity contribution in [1.29, 1.82) is 0 Å². The Kier molecular flexibility index (Phi) is 5.80. The van der Waals surface area contributed by atoms with Crippen molar-refractivity contribution in [3.8, 4) is 5.75 Å². The summed E-state index contributed by atoms with van der Waals surface area (Å²) in [6, 6.07) is 14.8. The van der Waals surface area contributed by atoms with Gasteiger partial charge in [-0.15, -0.1) is 0 Å². The second kappa shape index (κ2) is 8.07. The molecule has 0 spiro atoms. The van der Waals surface area contributed by atoms with E-state index in [0.717, 1.165) is 49.7 Å². The molecule has 1 fully saturated rings. The van der Waals surface area contributed by atoms with Crippen LogP contribution in [0.5, 0.6) is 5.75 Å². The van der Waals surface area contributed by atoms with Crippen LogP contribution in [0, 0.1) is 6.92 Å². The van der Waals surface area contributed by atoms with Gasteiger partial charge >= 0.3 is 0 Å². The molecule has 140 valence electrons. The van der Waals surface area contributed by atoms with Gasteiger partial charge in [0.25, 0.3) is 0 Å². The highest BCUT2D eigenvalue weighted by Crippen LogP contribution is 2.19. The summed E-state index contributed by atoms with van der Waals surface area (Å²) in [6.45, 7) is 7.33. The van der Waals surface area contributed by atoms with Gasteiger partial charge in [-0.25, -0.2) is 13.6 Å². The Morgan fingerprint density at radius 2 is 1.65 bits per heavy atom. The maximum absolute atomic E-state index is 11.3. The van der Waals surface area contributed by atoms with Crippen molar-refractivity contribution in [2.24, 2.45) is 5.14 Å². The van der Waals surface area contributed by atoms with E-state index in [0.29, 0.717) is 6.61 Å². The van der Waals surface area contributed by atoms with Crippen molar-refractivity contribution >= 4 is 15.7 Å². The first-order chi connectivity index (χ1) is 12.4. The van der Waals surface area contributed by atoms with E-state index in [2.05, 4.69) is 22.8 Å².